The van der Waals surface area contributed by atoms with E-state index in [1.807, 2.05) is 36.2 Å². The van der Waals surface area contributed by atoms with Gasteiger partial charge in [0, 0.05) is 19.0 Å². The van der Waals surface area contributed by atoms with E-state index >= 15 is 0 Å². The van der Waals surface area contributed by atoms with Crippen LogP contribution in [0.5, 0.6) is 11.5 Å². The van der Waals surface area contributed by atoms with Gasteiger partial charge in [0.1, 0.15) is 18.1 Å². The van der Waals surface area contributed by atoms with Gasteiger partial charge >= 0.3 is 0 Å². The van der Waals surface area contributed by atoms with Gasteiger partial charge < -0.3 is 19.7 Å². The molecule has 7 nitrogen and oxygen atoms in total. The Morgan fingerprint density at radius 1 is 1.28 bits per heavy atom. The van der Waals surface area contributed by atoms with Crippen molar-refractivity contribution in [2.75, 3.05) is 45.4 Å². The second-order valence-corrected chi connectivity index (χ2v) is 8.39. The van der Waals surface area contributed by atoms with E-state index in [9.17, 15) is 13.2 Å². The molecule has 0 saturated carbocycles. The zero-order chi connectivity index (χ0) is 18.3. The summed E-state index contributed by atoms with van der Waals surface area (Å²) in [7, 11) is 0.578. The summed E-state index contributed by atoms with van der Waals surface area (Å²) >= 11 is 0. The molecule has 25 heavy (non-hydrogen) atoms. The third-order valence-electron chi connectivity index (χ3n) is 4.28. The van der Waals surface area contributed by atoms with Crippen LogP contribution >= 0.6 is 0 Å². The number of methoxy groups -OCH3 is 1. The van der Waals surface area contributed by atoms with E-state index in [4.69, 9.17) is 9.47 Å². The quantitative estimate of drug-likeness (QED) is 0.644. The summed E-state index contributed by atoms with van der Waals surface area (Å²) in [6.07, 6.45) is 0.992. The third-order valence-corrected chi connectivity index (χ3v) is 6.03. The molecule has 0 aromatic heterocycles. The topological polar surface area (TPSA) is 84.9 Å². The van der Waals surface area contributed by atoms with Gasteiger partial charge in [-0.15, -0.1) is 0 Å². The zero-order valence-corrected chi connectivity index (χ0v) is 15.5. The highest BCUT2D eigenvalue weighted by Gasteiger charge is 2.30. The minimum Gasteiger partial charge on any atom is -0.497 e. The first-order valence-electron chi connectivity index (χ1n) is 8.34. The van der Waals surface area contributed by atoms with Crippen molar-refractivity contribution in [3.8, 4) is 11.5 Å². The summed E-state index contributed by atoms with van der Waals surface area (Å²) in [6.45, 7) is 1.35. The number of nitrogens with one attached hydrogen (secondary N) is 1. The van der Waals surface area contributed by atoms with Gasteiger partial charge in [-0.2, -0.15) is 0 Å². The van der Waals surface area contributed by atoms with E-state index in [-0.39, 0.29) is 23.5 Å². The van der Waals surface area contributed by atoms with E-state index in [0.29, 0.717) is 32.5 Å². The van der Waals surface area contributed by atoms with E-state index in [0.717, 1.165) is 11.5 Å². The van der Waals surface area contributed by atoms with E-state index in [2.05, 4.69) is 5.32 Å². The molecule has 1 fully saturated rings. The molecule has 1 aromatic carbocycles. The van der Waals surface area contributed by atoms with Crippen LogP contribution in [0.1, 0.15) is 12.8 Å². The molecule has 1 aromatic rings. The Hall–Kier alpha value is -1.80. The largest absolute Gasteiger partial charge is 0.497 e. The molecule has 0 aliphatic carbocycles. The molecule has 1 amide bonds. The zero-order valence-electron chi connectivity index (χ0n) is 14.7. The maximum absolute atomic E-state index is 11.9. The molecule has 0 bridgehead atoms. The fraction of sp³-hybridized carbons (Fsp3) is 0.588. The lowest BCUT2D eigenvalue weighted by Gasteiger charge is -2.22. The van der Waals surface area contributed by atoms with Crippen LogP contribution in [-0.4, -0.2) is 70.6 Å². The molecule has 1 saturated heterocycles. The van der Waals surface area contributed by atoms with Gasteiger partial charge in [-0.25, -0.2) is 8.42 Å². The van der Waals surface area contributed by atoms with Gasteiger partial charge in [0.05, 0.1) is 25.2 Å². The van der Waals surface area contributed by atoms with Gasteiger partial charge in [0.15, 0.2) is 9.84 Å². The van der Waals surface area contributed by atoms with Crippen LogP contribution in [0, 0.1) is 0 Å². The van der Waals surface area contributed by atoms with Crippen molar-refractivity contribution in [1.29, 1.82) is 0 Å². The number of ether oxygens (including phenoxy) is 2. The molecule has 1 heterocycles. The number of amides is 1. The molecular formula is C17H26N2O5S. The molecule has 1 unspecified atom stereocenters. The number of sulfone groups is 1. The lowest BCUT2D eigenvalue weighted by Crippen LogP contribution is -2.36. The van der Waals surface area contributed by atoms with Crippen molar-refractivity contribution in [3.05, 3.63) is 24.3 Å². The standard InChI is InChI=1S/C17H26N2O5S/c1-19(14-8-12-25(21,22)13-14)10-7-17(20)18-9-11-24-16-5-3-15(23-2)4-6-16/h3-6,14H,7-13H2,1-2H3,(H,18,20). The molecule has 1 N–H and O–H groups in total. The van der Waals surface area contributed by atoms with Crippen LogP contribution in [0.2, 0.25) is 0 Å². The van der Waals surface area contributed by atoms with Crippen molar-refractivity contribution in [1.82, 2.24) is 10.2 Å². The Balaban J connectivity index is 1.59. The number of benzene rings is 1. The predicted molar refractivity (Wildman–Crippen MR) is 95.8 cm³/mol. The number of hydrogen-bond acceptors (Lipinski definition) is 6. The molecular weight excluding hydrogens is 344 g/mol. The summed E-state index contributed by atoms with van der Waals surface area (Å²) < 4.78 is 33.6. The van der Waals surface area contributed by atoms with Crippen LogP contribution in [0.25, 0.3) is 0 Å². The second-order valence-electron chi connectivity index (χ2n) is 6.16. The first-order valence-corrected chi connectivity index (χ1v) is 10.2. The first kappa shape index (κ1) is 19.5. The minimum absolute atomic E-state index is 0.0243. The van der Waals surface area contributed by atoms with Gasteiger partial charge in [0.2, 0.25) is 5.91 Å². The van der Waals surface area contributed by atoms with E-state index in [1.54, 1.807) is 7.11 Å². The summed E-state index contributed by atoms with van der Waals surface area (Å²) in [5.41, 5.74) is 0. The molecule has 2 rings (SSSR count). The van der Waals surface area contributed by atoms with E-state index in [1.165, 1.54) is 0 Å². The van der Waals surface area contributed by atoms with Gasteiger partial charge in [-0.1, -0.05) is 0 Å². The molecule has 0 spiro atoms. The summed E-state index contributed by atoms with van der Waals surface area (Å²) in [6, 6.07) is 7.27. The normalized spacial score (nSPS) is 18.9. The first-order chi connectivity index (χ1) is 11.9. The van der Waals surface area contributed by atoms with Crippen molar-refractivity contribution < 1.29 is 22.7 Å². The van der Waals surface area contributed by atoms with Gasteiger partial charge in [-0.05, 0) is 37.7 Å². The Morgan fingerprint density at radius 3 is 2.56 bits per heavy atom. The summed E-state index contributed by atoms with van der Waals surface area (Å²) in [4.78, 5) is 13.8. The molecule has 140 valence electrons. The number of nitrogens with zero attached hydrogens (tertiary/aromatic N) is 1. The highest BCUT2D eigenvalue weighted by Crippen LogP contribution is 2.17. The summed E-state index contributed by atoms with van der Waals surface area (Å²) in [5.74, 6) is 1.86. The number of carbonyl (C=O) groups is 1. The highest BCUT2D eigenvalue weighted by atomic mass is 32.2. The molecule has 0 radical (unpaired) electrons. The van der Waals surface area contributed by atoms with Gasteiger partial charge in [-0.3, -0.25) is 4.79 Å². The van der Waals surface area contributed by atoms with Crippen molar-refractivity contribution in [2.45, 2.75) is 18.9 Å². The van der Waals surface area contributed by atoms with Crippen LogP contribution in [0.15, 0.2) is 24.3 Å². The fourth-order valence-corrected chi connectivity index (χ4v) is 4.51. The van der Waals surface area contributed by atoms with Crippen LogP contribution in [0.4, 0.5) is 0 Å². The average molecular weight is 370 g/mol. The number of carbonyl (C=O) groups excluding carboxylic acids is 1. The lowest BCUT2D eigenvalue weighted by atomic mass is 10.2. The third kappa shape index (κ3) is 6.55. The van der Waals surface area contributed by atoms with Crippen LogP contribution in [0.3, 0.4) is 0 Å². The SMILES string of the molecule is COc1ccc(OCCNC(=O)CCN(C)C2CCS(=O)(=O)C2)cc1. The number of hydrogen-bond donors (Lipinski definition) is 1. The lowest BCUT2D eigenvalue weighted by molar-refractivity contribution is -0.121. The highest BCUT2D eigenvalue weighted by molar-refractivity contribution is 7.91. The summed E-state index contributed by atoms with van der Waals surface area (Å²) in [5, 5.41) is 2.80. The molecule has 1 aliphatic rings. The van der Waals surface area contributed by atoms with E-state index < -0.39 is 9.84 Å². The Morgan fingerprint density at radius 2 is 1.96 bits per heavy atom. The monoisotopic (exact) mass is 370 g/mol. The Kier molecular flexibility index (Phi) is 7.07. The van der Waals surface area contributed by atoms with Crippen LogP contribution in [-0.2, 0) is 14.6 Å². The van der Waals surface area contributed by atoms with Crippen molar-refractivity contribution >= 4 is 15.7 Å². The minimum atomic E-state index is -2.89. The average Bonchev–Trinajstić information content (AvgIpc) is 2.97. The fourth-order valence-electron chi connectivity index (χ4n) is 2.70. The smallest absolute Gasteiger partial charge is 0.221 e. The Labute approximate surface area is 149 Å². The maximum Gasteiger partial charge on any atom is 0.221 e. The molecule has 1 aliphatic heterocycles. The number of rotatable bonds is 9. The predicted octanol–water partition coefficient (Wildman–Crippen LogP) is 0.699. The Bertz CT molecular complexity index is 660. The van der Waals surface area contributed by atoms with Crippen LogP contribution < -0.4 is 14.8 Å². The molecule has 1 atom stereocenters. The van der Waals surface area contributed by atoms with Gasteiger partial charge in [0.25, 0.3) is 0 Å². The van der Waals surface area contributed by atoms with Crippen molar-refractivity contribution in [3.63, 3.8) is 0 Å². The van der Waals surface area contributed by atoms with Crippen molar-refractivity contribution in [2.24, 2.45) is 0 Å². The molecule has 8 heteroatoms. The maximum atomic E-state index is 11.9. The second kappa shape index (κ2) is 9.05.